The molecule has 1 aliphatic rings. The molecule has 120 valence electrons. The van der Waals surface area contributed by atoms with Crippen LogP contribution in [0.2, 0.25) is 0 Å². The van der Waals surface area contributed by atoms with E-state index in [0.29, 0.717) is 39.3 Å². The van der Waals surface area contributed by atoms with Gasteiger partial charge in [0, 0.05) is 44.2 Å². The van der Waals surface area contributed by atoms with Gasteiger partial charge in [-0.15, -0.1) is 0 Å². The molecule has 5 nitrogen and oxygen atoms in total. The number of carbonyl (C=O) groups excluding carboxylic acids is 1. The summed E-state index contributed by atoms with van der Waals surface area (Å²) in [5.41, 5.74) is 1.60. The highest BCUT2D eigenvalue weighted by Crippen LogP contribution is 2.36. The maximum Gasteiger partial charge on any atom is 0.312 e. The molecule has 0 fully saturated rings. The van der Waals surface area contributed by atoms with E-state index in [0.717, 1.165) is 0 Å². The molecule has 0 saturated carbocycles. The fourth-order valence-corrected chi connectivity index (χ4v) is 4.03. The van der Waals surface area contributed by atoms with Gasteiger partial charge in [-0.3, -0.25) is 13.8 Å². The summed E-state index contributed by atoms with van der Waals surface area (Å²) in [5, 5.41) is 9.26. The number of carboxylic acids is 1. The summed E-state index contributed by atoms with van der Waals surface area (Å²) >= 11 is 3.37. The van der Waals surface area contributed by atoms with Crippen LogP contribution in [0.15, 0.2) is 39.7 Å². The molecule has 2 atom stereocenters. The normalized spacial score (nSPS) is 17.7. The topological polar surface area (TPSA) is 76.4 Å². The standard InChI is InChI=1S/C16H14BrNO4S/c1-23(22)10-4-2-9(3-5-10)15(19)14-12(17)8-13-11(16(20)21)6-7-18(13)14/h2-5,8,11H,6-7H2,1H3,(H,20,21). The zero-order chi connectivity index (χ0) is 16.7. The number of aromatic nitrogens is 1. The minimum atomic E-state index is -1.09. The Kier molecular flexibility index (Phi) is 4.25. The van der Waals surface area contributed by atoms with Gasteiger partial charge in [0.05, 0.1) is 5.92 Å². The third kappa shape index (κ3) is 2.79. The van der Waals surface area contributed by atoms with Crippen LogP contribution in [0.4, 0.5) is 0 Å². The highest BCUT2D eigenvalue weighted by molar-refractivity contribution is 9.10. The van der Waals surface area contributed by atoms with E-state index in [2.05, 4.69) is 15.9 Å². The molecule has 1 aromatic carbocycles. The number of halogens is 1. The highest BCUT2D eigenvalue weighted by Gasteiger charge is 2.33. The predicted molar refractivity (Wildman–Crippen MR) is 89.3 cm³/mol. The quantitative estimate of drug-likeness (QED) is 0.807. The molecule has 2 unspecified atom stereocenters. The number of hydrogen-bond acceptors (Lipinski definition) is 3. The fourth-order valence-electron chi connectivity index (χ4n) is 2.89. The Morgan fingerprint density at radius 2 is 1.96 bits per heavy atom. The molecular formula is C16H14BrNO4S. The maximum absolute atomic E-state index is 12.8. The first-order chi connectivity index (χ1) is 10.9. The van der Waals surface area contributed by atoms with Gasteiger partial charge in [0.1, 0.15) is 5.69 Å². The minimum absolute atomic E-state index is 0.178. The predicted octanol–water partition coefficient (Wildman–Crippen LogP) is 2.79. The summed E-state index contributed by atoms with van der Waals surface area (Å²) in [6.07, 6.45) is 2.07. The summed E-state index contributed by atoms with van der Waals surface area (Å²) < 4.78 is 13.8. The van der Waals surface area contributed by atoms with Crippen molar-refractivity contribution in [1.29, 1.82) is 0 Å². The molecule has 2 aromatic rings. The van der Waals surface area contributed by atoms with Crippen LogP contribution in [0.5, 0.6) is 0 Å². The van der Waals surface area contributed by atoms with Crippen molar-refractivity contribution in [1.82, 2.24) is 4.57 Å². The van der Waals surface area contributed by atoms with E-state index in [1.54, 1.807) is 41.2 Å². The molecule has 23 heavy (non-hydrogen) atoms. The lowest BCUT2D eigenvalue weighted by Crippen LogP contribution is -2.10. The number of nitrogens with zero attached hydrogens (tertiary/aromatic N) is 1. The van der Waals surface area contributed by atoms with Crippen LogP contribution in [0.1, 0.15) is 34.1 Å². The summed E-state index contributed by atoms with van der Waals surface area (Å²) in [7, 11) is -1.09. The average Bonchev–Trinajstić information content (AvgIpc) is 3.04. The number of hydrogen-bond donors (Lipinski definition) is 1. The van der Waals surface area contributed by atoms with E-state index in [1.807, 2.05) is 0 Å². The van der Waals surface area contributed by atoms with Gasteiger partial charge in [0.25, 0.3) is 0 Å². The number of benzene rings is 1. The molecule has 0 amide bonds. The third-order valence-corrected chi connectivity index (χ3v) is 5.58. The third-order valence-electron chi connectivity index (χ3n) is 4.04. The zero-order valence-electron chi connectivity index (χ0n) is 12.3. The monoisotopic (exact) mass is 395 g/mol. The molecule has 0 bridgehead atoms. The minimum Gasteiger partial charge on any atom is -0.481 e. The van der Waals surface area contributed by atoms with Crippen molar-refractivity contribution in [3.05, 3.63) is 51.8 Å². The van der Waals surface area contributed by atoms with Gasteiger partial charge >= 0.3 is 5.97 Å². The van der Waals surface area contributed by atoms with Crippen molar-refractivity contribution >= 4 is 38.5 Å². The van der Waals surface area contributed by atoms with E-state index in [4.69, 9.17) is 0 Å². The van der Waals surface area contributed by atoms with Crippen LogP contribution in [0, 0.1) is 0 Å². The van der Waals surface area contributed by atoms with Crippen molar-refractivity contribution in [2.75, 3.05) is 6.26 Å². The molecule has 0 aliphatic carbocycles. The zero-order valence-corrected chi connectivity index (χ0v) is 14.7. The first kappa shape index (κ1) is 16.1. The Balaban J connectivity index is 1.99. The Morgan fingerprint density at radius 3 is 2.52 bits per heavy atom. The lowest BCUT2D eigenvalue weighted by Gasteiger charge is -2.07. The van der Waals surface area contributed by atoms with Gasteiger partial charge < -0.3 is 9.67 Å². The molecular weight excluding hydrogens is 382 g/mol. The van der Waals surface area contributed by atoms with Crippen LogP contribution >= 0.6 is 15.9 Å². The number of ketones is 1. The summed E-state index contributed by atoms with van der Waals surface area (Å²) in [6, 6.07) is 8.36. The van der Waals surface area contributed by atoms with E-state index >= 15 is 0 Å². The summed E-state index contributed by atoms with van der Waals surface area (Å²) in [5.74, 6) is -1.62. The first-order valence-electron chi connectivity index (χ1n) is 7.00. The Hall–Kier alpha value is -1.73. The van der Waals surface area contributed by atoms with Crippen molar-refractivity contribution in [2.24, 2.45) is 0 Å². The average molecular weight is 396 g/mol. The molecule has 0 radical (unpaired) electrons. The SMILES string of the molecule is CS(=O)c1ccc(C(=O)c2c(Br)cc3n2CCC3C(=O)O)cc1. The fraction of sp³-hybridized carbons (Fsp3) is 0.250. The number of carboxylic acid groups (broad SMARTS) is 1. The molecule has 1 N–H and O–H groups in total. The highest BCUT2D eigenvalue weighted by atomic mass is 79.9. The molecule has 7 heteroatoms. The first-order valence-corrected chi connectivity index (χ1v) is 9.35. The van der Waals surface area contributed by atoms with Gasteiger partial charge in [-0.25, -0.2) is 0 Å². The Labute approximate surface area is 143 Å². The van der Waals surface area contributed by atoms with E-state index in [1.165, 1.54) is 0 Å². The number of rotatable bonds is 4. The molecule has 1 aromatic heterocycles. The second kappa shape index (κ2) is 6.05. The van der Waals surface area contributed by atoms with Crippen molar-refractivity contribution in [2.45, 2.75) is 23.8 Å². The smallest absolute Gasteiger partial charge is 0.312 e. The van der Waals surface area contributed by atoms with Crippen LogP contribution in [0.25, 0.3) is 0 Å². The largest absolute Gasteiger partial charge is 0.481 e. The van der Waals surface area contributed by atoms with E-state index in [-0.39, 0.29) is 5.78 Å². The molecule has 0 saturated heterocycles. The number of carbonyl (C=O) groups is 2. The number of aliphatic carboxylic acids is 1. The van der Waals surface area contributed by atoms with Gasteiger partial charge in [-0.1, -0.05) is 0 Å². The van der Waals surface area contributed by atoms with Gasteiger partial charge in [0.15, 0.2) is 0 Å². The maximum atomic E-state index is 12.8. The van der Waals surface area contributed by atoms with Crippen molar-refractivity contribution in [3.63, 3.8) is 0 Å². The molecule has 1 aliphatic heterocycles. The van der Waals surface area contributed by atoms with E-state index < -0.39 is 22.7 Å². The van der Waals surface area contributed by atoms with Crippen LogP contribution < -0.4 is 0 Å². The van der Waals surface area contributed by atoms with Gasteiger partial charge in [-0.2, -0.15) is 0 Å². The Bertz CT molecular complexity index is 825. The lowest BCUT2D eigenvalue weighted by atomic mass is 10.1. The summed E-state index contributed by atoms with van der Waals surface area (Å²) in [6.45, 7) is 0.510. The summed E-state index contributed by atoms with van der Waals surface area (Å²) in [4.78, 5) is 24.7. The van der Waals surface area contributed by atoms with E-state index in [9.17, 15) is 18.9 Å². The second-order valence-corrected chi connectivity index (χ2v) is 7.64. The van der Waals surface area contributed by atoms with Crippen LogP contribution in [0.3, 0.4) is 0 Å². The number of fused-ring (bicyclic) bond motifs is 1. The Morgan fingerprint density at radius 1 is 1.30 bits per heavy atom. The lowest BCUT2D eigenvalue weighted by molar-refractivity contribution is -0.138. The van der Waals surface area contributed by atoms with Gasteiger partial charge in [-0.05, 0) is 52.7 Å². The molecule has 2 heterocycles. The molecule has 0 spiro atoms. The second-order valence-electron chi connectivity index (χ2n) is 5.40. The van der Waals surface area contributed by atoms with Crippen LogP contribution in [-0.4, -0.2) is 31.9 Å². The van der Waals surface area contributed by atoms with Gasteiger partial charge in [0.2, 0.25) is 5.78 Å². The van der Waals surface area contributed by atoms with Crippen molar-refractivity contribution < 1.29 is 18.9 Å². The van der Waals surface area contributed by atoms with Crippen molar-refractivity contribution in [3.8, 4) is 0 Å². The molecule has 3 rings (SSSR count). The van der Waals surface area contributed by atoms with Crippen LogP contribution in [-0.2, 0) is 22.1 Å².